The molecule has 1 aromatic heterocycles. The summed E-state index contributed by atoms with van der Waals surface area (Å²) in [5, 5.41) is 4.89. The summed E-state index contributed by atoms with van der Waals surface area (Å²) >= 11 is 0. The Morgan fingerprint density at radius 2 is 0.776 bits per heavy atom. The molecule has 0 fully saturated rings. The van der Waals surface area contributed by atoms with Crippen LogP contribution in [0.3, 0.4) is 0 Å². The van der Waals surface area contributed by atoms with Crippen LogP contribution >= 0.6 is 0 Å². The van der Waals surface area contributed by atoms with Crippen LogP contribution in [-0.4, -0.2) is 4.57 Å². The molecule has 2 heteroatoms. The Morgan fingerprint density at radius 1 is 0.313 bits per heavy atom. The molecule has 314 valence electrons. The Balaban J connectivity index is 0.921. The Kier molecular flexibility index (Phi) is 9.11. The van der Waals surface area contributed by atoms with Crippen LogP contribution in [0.1, 0.15) is 22.3 Å². The lowest BCUT2D eigenvalue weighted by Gasteiger charge is -2.34. The summed E-state index contributed by atoms with van der Waals surface area (Å²) in [6.45, 7) is 0. The van der Waals surface area contributed by atoms with Gasteiger partial charge >= 0.3 is 0 Å². The van der Waals surface area contributed by atoms with Gasteiger partial charge in [-0.1, -0.05) is 200 Å². The molecule has 0 saturated heterocycles. The van der Waals surface area contributed by atoms with Crippen molar-refractivity contribution in [2.75, 3.05) is 4.90 Å². The molecular formula is C65H44N2. The molecule has 0 N–H and O–H groups in total. The maximum Gasteiger partial charge on any atom is 0.0713 e. The number of hydrogen-bond donors (Lipinski definition) is 0. The van der Waals surface area contributed by atoms with Crippen molar-refractivity contribution in [2.45, 2.75) is 5.41 Å². The first kappa shape index (κ1) is 38.7. The molecule has 0 saturated carbocycles. The fraction of sp³-hybridized carbons (Fsp3) is 0.0154. The third-order valence-electron chi connectivity index (χ3n) is 14.1. The van der Waals surface area contributed by atoms with Gasteiger partial charge in [0.2, 0.25) is 0 Å². The fourth-order valence-electron chi connectivity index (χ4n) is 11.1. The molecule has 12 aromatic rings. The Bertz CT molecular complexity index is 3720. The van der Waals surface area contributed by atoms with Crippen LogP contribution in [0.4, 0.5) is 17.1 Å². The molecule has 0 unspecified atom stereocenters. The van der Waals surface area contributed by atoms with Crippen LogP contribution in [0.25, 0.3) is 71.6 Å². The number of nitrogens with zero attached hydrogens (tertiary/aromatic N) is 2. The molecule has 0 spiro atoms. The van der Waals surface area contributed by atoms with Crippen LogP contribution in [0.2, 0.25) is 0 Å². The third-order valence-corrected chi connectivity index (χ3v) is 14.1. The minimum absolute atomic E-state index is 0.426. The predicted molar refractivity (Wildman–Crippen MR) is 281 cm³/mol. The van der Waals surface area contributed by atoms with E-state index in [0.717, 1.165) is 22.7 Å². The maximum absolute atomic E-state index is 2.41. The zero-order valence-electron chi connectivity index (χ0n) is 36.8. The van der Waals surface area contributed by atoms with Crippen molar-refractivity contribution in [3.8, 4) is 39.1 Å². The lowest BCUT2D eigenvalue weighted by molar-refractivity contribution is 0.768. The van der Waals surface area contributed by atoms with E-state index in [1.165, 1.54) is 88.2 Å². The molecule has 1 heterocycles. The second kappa shape index (κ2) is 15.8. The zero-order valence-corrected chi connectivity index (χ0v) is 36.8. The van der Waals surface area contributed by atoms with E-state index in [9.17, 15) is 0 Å². The minimum atomic E-state index is -0.426. The highest BCUT2D eigenvalue weighted by molar-refractivity contribution is 6.12. The van der Waals surface area contributed by atoms with Crippen LogP contribution in [-0.2, 0) is 5.41 Å². The van der Waals surface area contributed by atoms with Gasteiger partial charge < -0.3 is 9.47 Å². The first-order valence-corrected chi connectivity index (χ1v) is 23.2. The van der Waals surface area contributed by atoms with Crippen molar-refractivity contribution in [2.24, 2.45) is 0 Å². The molecule has 1 aliphatic rings. The summed E-state index contributed by atoms with van der Waals surface area (Å²) in [6.07, 6.45) is 0. The van der Waals surface area contributed by atoms with Crippen molar-refractivity contribution in [3.05, 3.63) is 289 Å². The monoisotopic (exact) mass is 852 g/mol. The van der Waals surface area contributed by atoms with E-state index in [1.54, 1.807) is 0 Å². The molecule has 0 aliphatic heterocycles. The summed E-state index contributed by atoms with van der Waals surface area (Å²) < 4.78 is 2.41. The van der Waals surface area contributed by atoms with Crippen LogP contribution in [0.15, 0.2) is 267 Å². The average Bonchev–Trinajstić information content (AvgIpc) is 3.90. The number of hydrogen-bond acceptors (Lipinski definition) is 1. The zero-order chi connectivity index (χ0) is 44.3. The number of para-hydroxylation sites is 2. The normalized spacial score (nSPS) is 12.6. The number of anilines is 3. The van der Waals surface area contributed by atoms with Gasteiger partial charge in [0, 0.05) is 33.2 Å². The van der Waals surface area contributed by atoms with E-state index in [0.29, 0.717) is 0 Å². The molecular weight excluding hydrogens is 809 g/mol. The molecule has 13 rings (SSSR count). The summed E-state index contributed by atoms with van der Waals surface area (Å²) in [5.41, 5.74) is 19.0. The minimum Gasteiger partial charge on any atom is -0.310 e. The van der Waals surface area contributed by atoms with Gasteiger partial charge in [-0.3, -0.25) is 0 Å². The second-order valence-corrected chi connectivity index (χ2v) is 17.6. The van der Waals surface area contributed by atoms with E-state index >= 15 is 0 Å². The van der Waals surface area contributed by atoms with Gasteiger partial charge in [-0.05, 0) is 128 Å². The van der Waals surface area contributed by atoms with Gasteiger partial charge in [0.05, 0.1) is 22.1 Å². The Hall–Kier alpha value is -8.72. The highest BCUT2D eigenvalue weighted by Gasteiger charge is 2.45. The molecule has 11 aromatic carbocycles. The van der Waals surface area contributed by atoms with Gasteiger partial charge in [-0.25, -0.2) is 0 Å². The maximum atomic E-state index is 2.41. The largest absolute Gasteiger partial charge is 0.310 e. The van der Waals surface area contributed by atoms with Gasteiger partial charge in [0.1, 0.15) is 0 Å². The van der Waals surface area contributed by atoms with Crippen molar-refractivity contribution in [1.82, 2.24) is 4.57 Å². The summed E-state index contributed by atoms with van der Waals surface area (Å²) in [7, 11) is 0. The van der Waals surface area contributed by atoms with Crippen molar-refractivity contribution in [3.63, 3.8) is 0 Å². The quantitative estimate of drug-likeness (QED) is 0.148. The van der Waals surface area contributed by atoms with Gasteiger partial charge in [0.25, 0.3) is 0 Å². The average molecular weight is 853 g/mol. The molecule has 2 nitrogen and oxygen atoms in total. The molecule has 0 radical (unpaired) electrons. The summed E-state index contributed by atoms with van der Waals surface area (Å²) in [4.78, 5) is 2.36. The molecule has 0 bridgehead atoms. The van der Waals surface area contributed by atoms with Crippen molar-refractivity contribution >= 4 is 49.6 Å². The number of rotatable bonds is 8. The molecule has 67 heavy (non-hydrogen) atoms. The lowest BCUT2D eigenvalue weighted by atomic mass is 9.67. The topological polar surface area (TPSA) is 8.17 Å². The smallest absolute Gasteiger partial charge is 0.0713 e. The van der Waals surface area contributed by atoms with Gasteiger partial charge in [0.15, 0.2) is 0 Å². The number of fused-ring (bicyclic) bond motifs is 7. The first-order chi connectivity index (χ1) is 33.2. The Labute approximate surface area is 390 Å². The highest BCUT2D eigenvalue weighted by atomic mass is 15.1. The number of aromatic nitrogens is 1. The van der Waals surface area contributed by atoms with Crippen LogP contribution in [0, 0.1) is 0 Å². The summed E-state index contributed by atoms with van der Waals surface area (Å²) in [5.74, 6) is 0. The molecule has 0 atom stereocenters. The van der Waals surface area contributed by atoms with Crippen molar-refractivity contribution in [1.29, 1.82) is 0 Å². The van der Waals surface area contributed by atoms with E-state index in [-0.39, 0.29) is 0 Å². The van der Waals surface area contributed by atoms with Crippen molar-refractivity contribution < 1.29 is 0 Å². The molecule has 1 aliphatic carbocycles. The third kappa shape index (κ3) is 6.18. The standard InChI is InChI=1S/C65H44N2/c1-4-19-50(20-5-1)65(60-28-14-12-26-56(60)57-27-13-15-29-61(57)65)51-37-31-45(32-38-51)48-35-41-63-58(43-48)59-44-49(36-42-64(59)67(63)53-23-8-3-9-24-53)46-33-39-54(40-34-46)66(52-21-6-2-7-22-52)62-30-16-18-47-17-10-11-25-55(47)62/h1-44H. The fourth-order valence-corrected chi connectivity index (χ4v) is 11.1. The first-order valence-electron chi connectivity index (χ1n) is 23.2. The SMILES string of the molecule is c1ccc(N(c2ccc(-c3ccc4c(c3)c3cc(-c5ccc(C6(c7ccccc7)c7ccccc7-c7ccccc76)cc5)ccc3n4-c3ccccc3)cc2)c2cccc3ccccc23)cc1. The van der Waals surface area contributed by atoms with Crippen LogP contribution in [0.5, 0.6) is 0 Å². The number of benzene rings is 11. The molecule has 0 amide bonds. The summed E-state index contributed by atoms with van der Waals surface area (Å²) in [6, 6.07) is 97.9. The Morgan fingerprint density at radius 3 is 1.40 bits per heavy atom. The highest BCUT2D eigenvalue weighted by Crippen LogP contribution is 2.56. The van der Waals surface area contributed by atoms with E-state index < -0.39 is 5.41 Å². The van der Waals surface area contributed by atoms with E-state index in [1.807, 2.05) is 0 Å². The van der Waals surface area contributed by atoms with Gasteiger partial charge in [-0.15, -0.1) is 0 Å². The van der Waals surface area contributed by atoms with Crippen LogP contribution < -0.4 is 4.90 Å². The van der Waals surface area contributed by atoms with E-state index in [2.05, 4.69) is 276 Å². The predicted octanol–water partition coefficient (Wildman–Crippen LogP) is 17.1. The van der Waals surface area contributed by atoms with E-state index in [4.69, 9.17) is 0 Å². The lowest BCUT2D eigenvalue weighted by Crippen LogP contribution is -2.28. The van der Waals surface area contributed by atoms with Gasteiger partial charge in [-0.2, -0.15) is 0 Å². The second-order valence-electron chi connectivity index (χ2n) is 17.6.